The van der Waals surface area contributed by atoms with Crippen LogP contribution in [0.1, 0.15) is 26.2 Å². The molecular weight excluding hydrogens is 268 g/mol. The molecule has 1 aliphatic heterocycles. The highest BCUT2D eigenvalue weighted by Crippen LogP contribution is 2.52. The van der Waals surface area contributed by atoms with Gasteiger partial charge in [0.25, 0.3) is 0 Å². The van der Waals surface area contributed by atoms with E-state index in [4.69, 9.17) is 9.47 Å². The van der Waals surface area contributed by atoms with Gasteiger partial charge in [0.15, 0.2) is 0 Å². The molecule has 2 aliphatic carbocycles. The van der Waals surface area contributed by atoms with Crippen molar-refractivity contribution in [1.82, 2.24) is 0 Å². The van der Waals surface area contributed by atoms with Crippen molar-refractivity contribution in [3.8, 4) is 0 Å². The van der Waals surface area contributed by atoms with Crippen LogP contribution < -0.4 is 0 Å². The van der Waals surface area contributed by atoms with Gasteiger partial charge in [0, 0.05) is 24.3 Å². The number of carbonyl (C=O) groups excluding carboxylic acids is 2. The number of fused-ring (bicyclic) bond motifs is 3. The first-order chi connectivity index (χ1) is 9.90. The fourth-order valence-corrected chi connectivity index (χ4v) is 4.01. The SMILES string of the molecule is C=C1[C@H]2[C@H]3OC(=O)C(=C)[C@@H]3CCC(=C)[C@@H]2C[C@@H]1OC(C)=O. The van der Waals surface area contributed by atoms with E-state index in [1.165, 1.54) is 6.92 Å². The normalized spacial score (nSPS) is 38.6. The van der Waals surface area contributed by atoms with Gasteiger partial charge in [0.1, 0.15) is 12.2 Å². The molecule has 1 saturated heterocycles. The highest BCUT2D eigenvalue weighted by molar-refractivity contribution is 5.91. The Kier molecular flexibility index (Phi) is 3.27. The number of ether oxygens (including phenoxy) is 2. The summed E-state index contributed by atoms with van der Waals surface area (Å²) in [7, 11) is 0. The van der Waals surface area contributed by atoms with Crippen LogP contribution in [-0.2, 0) is 19.1 Å². The third-order valence-electron chi connectivity index (χ3n) is 5.06. The number of carbonyl (C=O) groups is 2. The van der Waals surface area contributed by atoms with Crippen LogP contribution in [0.2, 0.25) is 0 Å². The number of hydrogen-bond acceptors (Lipinski definition) is 4. The lowest BCUT2D eigenvalue weighted by Gasteiger charge is -2.26. The molecule has 4 heteroatoms. The molecule has 0 aromatic heterocycles. The summed E-state index contributed by atoms with van der Waals surface area (Å²) in [6, 6.07) is 0. The van der Waals surface area contributed by atoms with Crippen LogP contribution in [0.4, 0.5) is 0 Å². The molecule has 4 nitrogen and oxygen atoms in total. The van der Waals surface area contributed by atoms with Crippen molar-refractivity contribution >= 4 is 11.9 Å². The lowest BCUT2D eigenvalue weighted by Crippen LogP contribution is -2.29. The Morgan fingerprint density at radius 1 is 1.29 bits per heavy atom. The molecule has 0 N–H and O–H groups in total. The van der Waals surface area contributed by atoms with Crippen molar-refractivity contribution in [2.75, 3.05) is 0 Å². The van der Waals surface area contributed by atoms with Gasteiger partial charge in [0.05, 0.1) is 0 Å². The van der Waals surface area contributed by atoms with Gasteiger partial charge in [-0.05, 0) is 30.8 Å². The second kappa shape index (κ2) is 4.86. The van der Waals surface area contributed by atoms with Crippen LogP contribution >= 0.6 is 0 Å². The zero-order chi connectivity index (χ0) is 15.3. The number of esters is 2. The average molecular weight is 288 g/mol. The molecule has 0 radical (unpaired) electrons. The maximum atomic E-state index is 11.8. The molecule has 0 bridgehead atoms. The summed E-state index contributed by atoms with van der Waals surface area (Å²) in [4.78, 5) is 23.1. The van der Waals surface area contributed by atoms with Gasteiger partial charge in [-0.1, -0.05) is 25.3 Å². The molecule has 0 aromatic carbocycles. The van der Waals surface area contributed by atoms with E-state index in [2.05, 4.69) is 19.7 Å². The number of rotatable bonds is 1. The van der Waals surface area contributed by atoms with E-state index < -0.39 is 0 Å². The van der Waals surface area contributed by atoms with Crippen LogP contribution in [0.25, 0.3) is 0 Å². The van der Waals surface area contributed by atoms with Crippen molar-refractivity contribution in [3.63, 3.8) is 0 Å². The minimum Gasteiger partial charge on any atom is -0.458 e. The summed E-state index contributed by atoms with van der Waals surface area (Å²) in [5, 5.41) is 0. The largest absolute Gasteiger partial charge is 0.458 e. The van der Waals surface area contributed by atoms with Crippen molar-refractivity contribution < 1.29 is 19.1 Å². The molecule has 21 heavy (non-hydrogen) atoms. The molecule has 1 heterocycles. The molecule has 0 spiro atoms. The molecule has 3 aliphatic rings. The highest BCUT2D eigenvalue weighted by Gasteiger charge is 2.53. The zero-order valence-corrected chi connectivity index (χ0v) is 12.3. The fraction of sp³-hybridized carbons (Fsp3) is 0.529. The van der Waals surface area contributed by atoms with Crippen LogP contribution in [0, 0.1) is 17.8 Å². The summed E-state index contributed by atoms with van der Waals surface area (Å²) in [6.07, 6.45) is 1.84. The Morgan fingerprint density at radius 2 is 2.00 bits per heavy atom. The van der Waals surface area contributed by atoms with Crippen molar-refractivity contribution in [2.45, 2.75) is 38.4 Å². The van der Waals surface area contributed by atoms with Crippen LogP contribution in [0.15, 0.2) is 36.5 Å². The van der Waals surface area contributed by atoms with E-state index in [0.29, 0.717) is 12.0 Å². The summed E-state index contributed by atoms with van der Waals surface area (Å²) < 4.78 is 10.9. The third-order valence-corrected chi connectivity index (χ3v) is 5.06. The van der Waals surface area contributed by atoms with E-state index >= 15 is 0 Å². The molecule has 112 valence electrons. The Morgan fingerprint density at radius 3 is 2.67 bits per heavy atom. The molecular formula is C17H20O4. The van der Waals surface area contributed by atoms with Crippen molar-refractivity contribution in [2.24, 2.45) is 17.8 Å². The van der Waals surface area contributed by atoms with Gasteiger partial charge in [-0.3, -0.25) is 4.79 Å². The average Bonchev–Trinajstić information content (AvgIpc) is 2.81. The molecule has 0 amide bonds. The van der Waals surface area contributed by atoms with Gasteiger partial charge < -0.3 is 9.47 Å². The number of hydrogen-bond donors (Lipinski definition) is 0. The predicted molar refractivity (Wildman–Crippen MR) is 77.2 cm³/mol. The van der Waals surface area contributed by atoms with Gasteiger partial charge in [-0.15, -0.1) is 0 Å². The molecule has 3 fully saturated rings. The first kappa shape index (κ1) is 14.1. The predicted octanol–water partition coefficient (Wildman–Crippen LogP) is 2.56. The lowest BCUT2D eigenvalue weighted by atomic mass is 9.82. The molecule has 2 saturated carbocycles. The van der Waals surface area contributed by atoms with E-state index in [9.17, 15) is 9.59 Å². The smallest absolute Gasteiger partial charge is 0.334 e. The topological polar surface area (TPSA) is 52.6 Å². The Bertz CT molecular complexity index is 559. The second-order valence-corrected chi connectivity index (χ2v) is 6.24. The monoisotopic (exact) mass is 288 g/mol. The van der Waals surface area contributed by atoms with Crippen molar-refractivity contribution in [1.29, 1.82) is 0 Å². The van der Waals surface area contributed by atoms with E-state index in [1.54, 1.807) is 0 Å². The Labute approximate surface area is 124 Å². The lowest BCUT2D eigenvalue weighted by molar-refractivity contribution is -0.145. The Hall–Kier alpha value is -1.84. The Balaban J connectivity index is 1.93. The molecule has 0 unspecified atom stereocenters. The van der Waals surface area contributed by atoms with E-state index in [1.807, 2.05) is 0 Å². The van der Waals surface area contributed by atoms with Crippen molar-refractivity contribution in [3.05, 3.63) is 36.5 Å². The maximum absolute atomic E-state index is 11.8. The van der Waals surface area contributed by atoms with Crippen LogP contribution in [0.3, 0.4) is 0 Å². The summed E-state index contributed by atoms with van der Waals surface area (Å²) >= 11 is 0. The van der Waals surface area contributed by atoms with Crippen LogP contribution in [0.5, 0.6) is 0 Å². The summed E-state index contributed by atoms with van der Waals surface area (Å²) in [5.41, 5.74) is 2.53. The quantitative estimate of drug-likeness (QED) is 0.423. The van der Waals surface area contributed by atoms with Gasteiger partial charge >= 0.3 is 11.9 Å². The minimum absolute atomic E-state index is 0.0162. The minimum atomic E-state index is -0.312. The van der Waals surface area contributed by atoms with E-state index in [0.717, 1.165) is 24.0 Å². The zero-order valence-electron chi connectivity index (χ0n) is 12.3. The highest BCUT2D eigenvalue weighted by atomic mass is 16.6. The maximum Gasteiger partial charge on any atom is 0.334 e. The van der Waals surface area contributed by atoms with Gasteiger partial charge in [0.2, 0.25) is 0 Å². The third kappa shape index (κ3) is 2.13. The fourth-order valence-electron chi connectivity index (χ4n) is 4.01. The summed E-state index contributed by atoms with van der Waals surface area (Å²) in [5.74, 6) is -0.447. The first-order valence-corrected chi connectivity index (χ1v) is 7.33. The molecule has 3 rings (SSSR count). The summed E-state index contributed by atoms with van der Waals surface area (Å²) in [6.45, 7) is 13.6. The van der Waals surface area contributed by atoms with Gasteiger partial charge in [-0.2, -0.15) is 0 Å². The molecule has 0 aromatic rings. The van der Waals surface area contributed by atoms with Crippen LogP contribution in [-0.4, -0.2) is 24.1 Å². The first-order valence-electron chi connectivity index (χ1n) is 7.33. The van der Waals surface area contributed by atoms with E-state index in [-0.39, 0.29) is 41.9 Å². The second-order valence-electron chi connectivity index (χ2n) is 6.24. The standard InChI is InChI=1S/C17H20O4/c1-8-5-6-12-9(2)17(19)21-16(12)15-10(3)14(7-13(8)15)20-11(4)18/h12-16H,1-3,5-7H2,4H3/t12-,13-,14-,15+,16-/m0/s1. The van der Waals surface area contributed by atoms with Gasteiger partial charge in [-0.25, -0.2) is 4.79 Å². The molecule has 5 atom stereocenters. The number of allylic oxidation sites excluding steroid dienone is 1.